The fourth-order valence-corrected chi connectivity index (χ4v) is 2.09. The summed E-state index contributed by atoms with van der Waals surface area (Å²) >= 11 is 6.36. The first kappa shape index (κ1) is 17.1. The van der Waals surface area contributed by atoms with Crippen molar-refractivity contribution in [3.63, 3.8) is 0 Å². The largest absolute Gasteiger partial charge is 0.493 e. The van der Waals surface area contributed by atoms with E-state index >= 15 is 0 Å². The van der Waals surface area contributed by atoms with Crippen LogP contribution in [0.15, 0.2) is 12.1 Å². The fourth-order valence-electron chi connectivity index (χ4n) is 1.79. The zero-order valence-corrected chi connectivity index (χ0v) is 14.1. The summed E-state index contributed by atoms with van der Waals surface area (Å²) in [7, 11) is 3.21. The van der Waals surface area contributed by atoms with Crippen molar-refractivity contribution in [1.82, 2.24) is 5.32 Å². The van der Waals surface area contributed by atoms with Gasteiger partial charge in [0.1, 0.15) is 0 Å². The zero-order valence-electron chi connectivity index (χ0n) is 13.3. The predicted octanol–water partition coefficient (Wildman–Crippen LogP) is 4.13. The molecule has 0 aliphatic rings. The number of methoxy groups -OCH3 is 2. The van der Waals surface area contributed by atoms with Crippen molar-refractivity contribution < 1.29 is 9.47 Å². The number of rotatable bonds is 7. The van der Waals surface area contributed by atoms with Crippen molar-refractivity contribution in [2.45, 2.75) is 34.2 Å². The Kier molecular flexibility index (Phi) is 6.15. The first-order chi connectivity index (χ1) is 9.33. The molecular formula is C16H26ClNO2. The maximum Gasteiger partial charge on any atom is 0.179 e. The van der Waals surface area contributed by atoms with Gasteiger partial charge in [0.2, 0.25) is 0 Å². The Labute approximate surface area is 127 Å². The van der Waals surface area contributed by atoms with Crippen LogP contribution in [0, 0.1) is 11.3 Å². The summed E-state index contributed by atoms with van der Waals surface area (Å²) in [4.78, 5) is 0. The first-order valence-electron chi connectivity index (χ1n) is 6.93. The fraction of sp³-hybridized carbons (Fsp3) is 0.625. The molecule has 1 aromatic carbocycles. The van der Waals surface area contributed by atoms with Crippen LogP contribution in [-0.2, 0) is 6.54 Å². The summed E-state index contributed by atoms with van der Waals surface area (Å²) in [5.74, 6) is 1.87. The van der Waals surface area contributed by atoms with Gasteiger partial charge >= 0.3 is 0 Å². The summed E-state index contributed by atoms with van der Waals surface area (Å²) in [6.45, 7) is 10.7. The van der Waals surface area contributed by atoms with Gasteiger partial charge in [0.15, 0.2) is 11.5 Å². The molecule has 0 bridgehead atoms. The average Bonchev–Trinajstić information content (AvgIpc) is 2.39. The van der Waals surface area contributed by atoms with Gasteiger partial charge < -0.3 is 14.8 Å². The van der Waals surface area contributed by atoms with Crippen molar-refractivity contribution in [1.29, 1.82) is 0 Å². The second-order valence-corrected chi connectivity index (χ2v) is 6.40. The summed E-state index contributed by atoms with van der Waals surface area (Å²) in [6, 6.07) is 3.86. The molecule has 0 heterocycles. The molecule has 0 fully saturated rings. The third-order valence-corrected chi connectivity index (χ3v) is 4.44. The highest BCUT2D eigenvalue weighted by Gasteiger charge is 2.22. The normalized spacial score (nSPS) is 11.8. The van der Waals surface area contributed by atoms with Crippen LogP contribution in [0.1, 0.15) is 33.3 Å². The van der Waals surface area contributed by atoms with Gasteiger partial charge in [-0.15, -0.1) is 0 Å². The number of ether oxygens (including phenoxy) is 2. The van der Waals surface area contributed by atoms with Gasteiger partial charge in [0, 0.05) is 13.1 Å². The zero-order chi connectivity index (χ0) is 15.3. The Morgan fingerprint density at radius 2 is 1.85 bits per heavy atom. The monoisotopic (exact) mass is 299 g/mol. The highest BCUT2D eigenvalue weighted by atomic mass is 35.5. The van der Waals surface area contributed by atoms with Crippen LogP contribution < -0.4 is 14.8 Å². The second-order valence-electron chi connectivity index (χ2n) is 6.02. The van der Waals surface area contributed by atoms with Gasteiger partial charge in [-0.2, -0.15) is 0 Å². The topological polar surface area (TPSA) is 30.5 Å². The molecule has 0 saturated carbocycles. The van der Waals surface area contributed by atoms with E-state index in [0.29, 0.717) is 22.4 Å². The Balaban J connectivity index is 2.75. The smallest absolute Gasteiger partial charge is 0.179 e. The van der Waals surface area contributed by atoms with E-state index in [1.807, 2.05) is 12.1 Å². The molecule has 3 nitrogen and oxygen atoms in total. The van der Waals surface area contributed by atoms with Crippen LogP contribution in [0.2, 0.25) is 5.02 Å². The molecule has 20 heavy (non-hydrogen) atoms. The lowest BCUT2D eigenvalue weighted by Crippen LogP contribution is -2.33. The van der Waals surface area contributed by atoms with Crippen LogP contribution >= 0.6 is 11.6 Å². The Morgan fingerprint density at radius 3 is 2.35 bits per heavy atom. The van der Waals surface area contributed by atoms with E-state index in [-0.39, 0.29) is 5.41 Å². The Bertz CT molecular complexity index is 444. The predicted molar refractivity (Wildman–Crippen MR) is 84.9 cm³/mol. The quantitative estimate of drug-likeness (QED) is 0.821. The van der Waals surface area contributed by atoms with Crippen LogP contribution in [-0.4, -0.2) is 20.8 Å². The minimum Gasteiger partial charge on any atom is -0.493 e. The van der Waals surface area contributed by atoms with Gasteiger partial charge in [-0.1, -0.05) is 45.4 Å². The number of benzene rings is 1. The maximum atomic E-state index is 6.36. The molecule has 0 aliphatic heterocycles. The molecule has 4 heteroatoms. The molecule has 0 unspecified atom stereocenters. The highest BCUT2D eigenvalue weighted by molar-refractivity contribution is 6.33. The van der Waals surface area contributed by atoms with Gasteiger partial charge in [0.05, 0.1) is 19.2 Å². The molecule has 0 aromatic heterocycles. The summed E-state index contributed by atoms with van der Waals surface area (Å²) < 4.78 is 10.5. The number of nitrogens with one attached hydrogen (secondary N) is 1. The molecule has 1 rings (SSSR count). The highest BCUT2D eigenvalue weighted by Crippen LogP contribution is 2.37. The lowest BCUT2D eigenvalue weighted by Gasteiger charge is -2.29. The van der Waals surface area contributed by atoms with E-state index < -0.39 is 0 Å². The molecule has 0 aliphatic carbocycles. The molecule has 0 atom stereocenters. The van der Waals surface area contributed by atoms with Crippen molar-refractivity contribution in [2.75, 3.05) is 20.8 Å². The van der Waals surface area contributed by atoms with E-state index in [0.717, 1.165) is 18.7 Å². The third-order valence-electron chi connectivity index (χ3n) is 4.02. The number of hydrogen-bond donors (Lipinski definition) is 1. The summed E-state index contributed by atoms with van der Waals surface area (Å²) in [5.41, 5.74) is 1.27. The lowest BCUT2D eigenvalue weighted by molar-refractivity contribution is 0.238. The molecule has 0 spiro atoms. The maximum absolute atomic E-state index is 6.36. The van der Waals surface area contributed by atoms with Crippen LogP contribution in [0.3, 0.4) is 0 Å². The summed E-state index contributed by atoms with van der Waals surface area (Å²) in [6.07, 6.45) is 0. The third kappa shape index (κ3) is 4.03. The van der Waals surface area contributed by atoms with E-state index in [1.54, 1.807) is 14.2 Å². The van der Waals surface area contributed by atoms with Crippen LogP contribution in [0.25, 0.3) is 0 Å². The minimum absolute atomic E-state index is 0.253. The molecule has 0 saturated heterocycles. The molecule has 0 amide bonds. The average molecular weight is 300 g/mol. The van der Waals surface area contributed by atoms with Gasteiger partial charge in [0.25, 0.3) is 0 Å². The SMILES string of the molecule is COc1ccc(CNCC(C)(C)C(C)C)c(Cl)c1OC. The van der Waals surface area contributed by atoms with Crippen molar-refractivity contribution in [2.24, 2.45) is 11.3 Å². The van der Waals surface area contributed by atoms with Crippen molar-refractivity contribution >= 4 is 11.6 Å². The number of hydrogen-bond acceptors (Lipinski definition) is 3. The van der Waals surface area contributed by atoms with Gasteiger partial charge in [-0.05, 0) is 23.0 Å². The van der Waals surface area contributed by atoms with E-state index in [9.17, 15) is 0 Å². The van der Waals surface area contributed by atoms with Crippen LogP contribution in [0.4, 0.5) is 0 Å². The van der Waals surface area contributed by atoms with E-state index in [1.165, 1.54) is 0 Å². The van der Waals surface area contributed by atoms with Gasteiger partial charge in [-0.3, -0.25) is 0 Å². The van der Waals surface area contributed by atoms with E-state index in [4.69, 9.17) is 21.1 Å². The Hall–Kier alpha value is -0.930. The van der Waals surface area contributed by atoms with Crippen LogP contribution in [0.5, 0.6) is 11.5 Å². The van der Waals surface area contributed by atoms with Crippen molar-refractivity contribution in [3.8, 4) is 11.5 Å². The molecule has 1 aromatic rings. The minimum atomic E-state index is 0.253. The molecule has 1 N–H and O–H groups in total. The lowest BCUT2D eigenvalue weighted by atomic mass is 9.81. The molecule has 114 valence electrons. The van der Waals surface area contributed by atoms with Gasteiger partial charge in [-0.25, -0.2) is 0 Å². The van der Waals surface area contributed by atoms with Crippen molar-refractivity contribution in [3.05, 3.63) is 22.7 Å². The van der Waals surface area contributed by atoms with E-state index in [2.05, 4.69) is 33.0 Å². The first-order valence-corrected chi connectivity index (χ1v) is 7.31. The standard InChI is InChI=1S/C16H26ClNO2/c1-11(2)16(3,4)10-18-9-12-7-8-13(19-5)15(20-6)14(12)17/h7-8,11,18H,9-10H2,1-6H3. The number of halogens is 1. The summed E-state index contributed by atoms with van der Waals surface area (Å²) in [5, 5.41) is 4.08. The Morgan fingerprint density at radius 1 is 1.20 bits per heavy atom. The molecular weight excluding hydrogens is 274 g/mol. The second kappa shape index (κ2) is 7.19. The molecule has 0 radical (unpaired) electrons.